The number of aromatic nitrogens is 2. The zero-order valence-electron chi connectivity index (χ0n) is 17.2. The molecule has 4 rings (SSSR count). The van der Waals surface area contributed by atoms with Crippen LogP contribution in [0.25, 0.3) is 0 Å². The van der Waals surface area contributed by atoms with Gasteiger partial charge in [0.1, 0.15) is 19.0 Å². The van der Waals surface area contributed by atoms with E-state index in [0.717, 1.165) is 16.9 Å². The van der Waals surface area contributed by atoms with Crippen LogP contribution in [0.2, 0.25) is 0 Å². The number of benzene rings is 2. The van der Waals surface area contributed by atoms with E-state index in [9.17, 15) is 4.79 Å². The van der Waals surface area contributed by atoms with Crippen LogP contribution in [-0.4, -0.2) is 15.9 Å². The number of rotatable bonds is 8. The van der Waals surface area contributed by atoms with Crippen molar-refractivity contribution >= 4 is 17.3 Å². The highest BCUT2D eigenvalue weighted by atomic mass is 16.5. The molecule has 32 heavy (non-hydrogen) atoms. The fourth-order valence-corrected chi connectivity index (χ4v) is 2.75. The number of ether oxygens (including phenoxy) is 2. The highest BCUT2D eigenvalue weighted by Crippen LogP contribution is 2.22. The number of esters is 1. The van der Waals surface area contributed by atoms with Gasteiger partial charge in [-0.3, -0.25) is 9.97 Å². The lowest BCUT2D eigenvalue weighted by Gasteiger charge is -2.05. The van der Waals surface area contributed by atoms with Crippen LogP contribution in [-0.2, 0) is 18.0 Å². The third-order valence-electron chi connectivity index (χ3n) is 4.44. The molecule has 0 radical (unpaired) electrons. The molecule has 0 aliphatic heterocycles. The summed E-state index contributed by atoms with van der Waals surface area (Å²) in [7, 11) is 0. The van der Waals surface area contributed by atoms with E-state index in [1.165, 1.54) is 0 Å². The van der Waals surface area contributed by atoms with E-state index in [2.05, 4.69) is 20.2 Å². The topological polar surface area (TPSA) is 86.0 Å². The van der Waals surface area contributed by atoms with Gasteiger partial charge >= 0.3 is 5.97 Å². The molecule has 4 aromatic rings. The van der Waals surface area contributed by atoms with E-state index < -0.39 is 5.97 Å². The normalized spacial score (nSPS) is 10.8. The quantitative estimate of drug-likeness (QED) is 0.262. The van der Waals surface area contributed by atoms with Crippen molar-refractivity contribution in [1.29, 1.82) is 0 Å². The van der Waals surface area contributed by atoms with Crippen molar-refractivity contribution in [1.82, 2.24) is 9.97 Å². The van der Waals surface area contributed by atoms with Gasteiger partial charge in [0.05, 0.1) is 16.9 Å². The Hall–Kier alpha value is -4.39. The van der Waals surface area contributed by atoms with Crippen LogP contribution in [0.4, 0.5) is 11.4 Å². The molecule has 7 nitrogen and oxygen atoms in total. The second-order valence-corrected chi connectivity index (χ2v) is 6.83. The van der Waals surface area contributed by atoms with E-state index in [1.54, 1.807) is 55.1 Å². The third-order valence-corrected chi connectivity index (χ3v) is 4.44. The van der Waals surface area contributed by atoms with Crippen LogP contribution in [0, 0.1) is 0 Å². The maximum atomic E-state index is 12.2. The zero-order valence-corrected chi connectivity index (χ0v) is 17.2. The SMILES string of the molecule is O=C(OCc1cccnc1)c1ccc(N=Nc2ccc(OCc3cccnc3)cc2)cc1. The molecule has 0 saturated heterocycles. The monoisotopic (exact) mass is 424 g/mol. The lowest BCUT2D eigenvalue weighted by atomic mass is 10.2. The van der Waals surface area contributed by atoms with Crippen LogP contribution >= 0.6 is 0 Å². The van der Waals surface area contributed by atoms with Crippen LogP contribution < -0.4 is 4.74 Å². The highest BCUT2D eigenvalue weighted by Gasteiger charge is 2.07. The van der Waals surface area contributed by atoms with Gasteiger partial charge in [0, 0.05) is 35.9 Å². The van der Waals surface area contributed by atoms with Gasteiger partial charge in [0.15, 0.2) is 0 Å². The molecule has 0 aliphatic carbocycles. The minimum Gasteiger partial charge on any atom is -0.489 e. The molecule has 158 valence electrons. The first-order chi connectivity index (χ1) is 15.8. The fourth-order valence-electron chi connectivity index (χ4n) is 2.75. The molecule has 0 unspecified atom stereocenters. The second kappa shape index (κ2) is 10.6. The molecule has 0 aliphatic rings. The average Bonchev–Trinajstić information content (AvgIpc) is 2.87. The van der Waals surface area contributed by atoms with Crippen molar-refractivity contribution in [3.05, 3.63) is 114 Å². The Bertz CT molecular complexity index is 1160. The summed E-state index contributed by atoms with van der Waals surface area (Å²) in [4.78, 5) is 20.2. The summed E-state index contributed by atoms with van der Waals surface area (Å²) in [6.07, 6.45) is 6.83. The van der Waals surface area contributed by atoms with Crippen molar-refractivity contribution in [2.45, 2.75) is 13.2 Å². The predicted octanol–water partition coefficient (Wildman–Crippen LogP) is 5.83. The summed E-state index contributed by atoms with van der Waals surface area (Å²) in [6.45, 7) is 0.627. The minimum atomic E-state index is -0.404. The van der Waals surface area contributed by atoms with E-state index >= 15 is 0 Å². The molecular weight excluding hydrogens is 404 g/mol. The van der Waals surface area contributed by atoms with Gasteiger partial charge in [-0.2, -0.15) is 10.2 Å². The summed E-state index contributed by atoms with van der Waals surface area (Å²) < 4.78 is 11.0. The molecule has 0 bridgehead atoms. The van der Waals surface area contributed by atoms with E-state index in [0.29, 0.717) is 23.5 Å². The molecule has 0 saturated carbocycles. The standard InChI is InChI=1S/C25H20N4O3/c30-25(32-18-20-4-2-14-27-16-20)21-5-7-22(8-6-21)28-29-23-9-11-24(12-10-23)31-17-19-3-1-13-26-15-19/h1-16H,17-18H2. The number of nitrogens with zero attached hydrogens (tertiary/aromatic N) is 4. The summed E-state index contributed by atoms with van der Waals surface area (Å²) in [6, 6.07) is 21.6. The Balaban J connectivity index is 1.29. The summed E-state index contributed by atoms with van der Waals surface area (Å²) >= 11 is 0. The number of pyridine rings is 2. The van der Waals surface area contributed by atoms with Crippen LogP contribution in [0.15, 0.2) is 108 Å². The molecule has 2 aromatic heterocycles. The van der Waals surface area contributed by atoms with Crippen molar-refractivity contribution in [3.63, 3.8) is 0 Å². The first-order valence-corrected chi connectivity index (χ1v) is 9.96. The molecule has 0 N–H and O–H groups in total. The molecule has 7 heteroatoms. The molecule has 0 amide bonds. The number of carbonyl (C=O) groups excluding carboxylic acids is 1. The average molecular weight is 424 g/mol. The fraction of sp³-hybridized carbons (Fsp3) is 0.0800. The number of carbonyl (C=O) groups is 1. The number of hydrogen-bond donors (Lipinski definition) is 0. The van der Waals surface area contributed by atoms with E-state index in [1.807, 2.05) is 42.5 Å². The van der Waals surface area contributed by atoms with Crippen molar-refractivity contribution < 1.29 is 14.3 Å². The van der Waals surface area contributed by atoms with Gasteiger partial charge in [0.25, 0.3) is 0 Å². The lowest BCUT2D eigenvalue weighted by molar-refractivity contribution is 0.0472. The van der Waals surface area contributed by atoms with Gasteiger partial charge < -0.3 is 9.47 Å². The Labute approximate surface area is 185 Å². The third kappa shape index (κ3) is 6.06. The molecule has 2 aromatic carbocycles. The zero-order chi connectivity index (χ0) is 22.0. The van der Waals surface area contributed by atoms with Crippen LogP contribution in [0.1, 0.15) is 21.5 Å². The number of azo groups is 1. The number of hydrogen-bond acceptors (Lipinski definition) is 7. The molecule has 0 atom stereocenters. The van der Waals surface area contributed by atoms with Crippen molar-refractivity contribution in [3.8, 4) is 5.75 Å². The first kappa shape index (κ1) is 20.9. The second-order valence-electron chi connectivity index (χ2n) is 6.83. The van der Waals surface area contributed by atoms with Gasteiger partial charge in [-0.1, -0.05) is 12.1 Å². The Morgan fingerprint density at radius 1 is 0.719 bits per heavy atom. The maximum Gasteiger partial charge on any atom is 0.338 e. The van der Waals surface area contributed by atoms with Gasteiger partial charge in [0.2, 0.25) is 0 Å². The summed E-state index contributed by atoms with van der Waals surface area (Å²) in [5.41, 5.74) is 3.60. The molecule has 0 fully saturated rings. The predicted molar refractivity (Wildman–Crippen MR) is 119 cm³/mol. The summed E-state index contributed by atoms with van der Waals surface area (Å²) in [5.74, 6) is 0.334. The Morgan fingerprint density at radius 2 is 1.28 bits per heavy atom. The van der Waals surface area contributed by atoms with Crippen LogP contribution in [0.5, 0.6) is 5.75 Å². The molecule has 0 spiro atoms. The smallest absolute Gasteiger partial charge is 0.338 e. The van der Waals surface area contributed by atoms with E-state index in [4.69, 9.17) is 9.47 Å². The molecule has 2 heterocycles. The minimum absolute atomic E-state index is 0.177. The van der Waals surface area contributed by atoms with Crippen molar-refractivity contribution in [2.75, 3.05) is 0 Å². The highest BCUT2D eigenvalue weighted by molar-refractivity contribution is 5.89. The lowest BCUT2D eigenvalue weighted by Crippen LogP contribution is -2.04. The molecular formula is C25H20N4O3. The Morgan fingerprint density at radius 3 is 1.84 bits per heavy atom. The summed E-state index contributed by atoms with van der Waals surface area (Å²) in [5, 5.41) is 8.43. The van der Waals surface area contributed by atoms with Gasteiger partial charge in [-0.25, -0.2) is 4.79 Å². The largest absolute Gasteiger partial charge is 0.489 e. The first-order valence-electron chi connectivity index (χ1n) is 9.96. The van der Waals surface area contributed by atoms with Crippen molar-refractivity contribution in [2.24, 2.45) is 10.2 Å². The van der Waals surface area contributed by atoms with Crippen LogP contribution in [0.3, 0.4) is 0 Å². The Kier molecular flexibility index (Phi) is 6.90. The van der Waals surface area contributed by atoms with E-state index in [-0.39, 0.29) is 6.61 Å². The van der Waals surface area contributed by atoms with Gasteiger partial charge in [-0.05, 0) is 60.7 Å². The van der Waals surface area contributed by atoms with Gasteiger partial charge in [-0.15, -0.1) is 0 Å². The maximum absolute atomic E-state index is 12.2.